The number of fused-ring (bicyclic) bond motifs is 1. The predicted molar refractivity (Wildman–Crippen MR) is 119 cm³/mol. The van der Waals surface area contributed by atoms with Crippen LogP contribution < -0.4 is 9.64 Å². The minimum atomic E-state index is -1.06. The van der Waals surface area contributed by atoms with E-state index in [0.29, 0.717) is 6.54 Å². The Kier molecular flexibility index (Phi) is 4.57. The molecule has 1 aromatic heterocycles. The molecule has 30 heavy (non-hydrogen) atoms. The number of hydrogen-bond acceptors (Lipinski definition) is 3. The molecule has 0 aliphatic carbocycles. The van der Waals surface area contributed by atoms with Crippen LogP contribution in [0.25, 0.3) is 5.69 Å². The molecule has 0 bridgehead atoms. The van der Waals surface area contributed by atoms with Gasteiger partial charge in [-0.3, -0.25) is 0 Å². The van der Waals surface area contributed by atoms with Crippen molar-refractivity contribution in [3.05, 3.63) is 114 Å². The van der Waals surface area contributed by atoms with E-state index in [1.165, 1.54) is 5.56 Å². The van der Waals surface area contributed by atoms with Crippen molar-refractivity contribution in [2.24, 2.45) is 0 Å². The first-order valence-electron chi connectivity index (χ1n) is 10.1. The van der Waals surface area contributed by atoms with Crippen LogP contribution in [0.3, 0.4) is 0 Å². The molecular formula is C26H24N2O2. The van der Waals surface area contributed by atoms with Gasteiger partial charge in [-0.1, -0.05) is 42.5 Å². The van der Waals surface area contributed by atoms with Crippen LogP contribution in [0, 0.1) is 0 Å². The fourth-order valence-corrected chi connectivity index (χ4v) is 4.32. The molecule has 1 aliphatic rings. The molecule has 5 rings (SSSR count). The van der Waals surface area contributed by atoms with Gasteiger partial charge in [-0.05, 0) is 53.6 Å². The lowest BCUT2D eigenvalue weighted by Crippen LogP contribution is -2.34. The van der Waals surface area contributed by atoms with Gasteiger partial charge in [0, 0.05) is 35.9 Å². The van der Waals surface area contributed by atoms with Gasteiger partial charge < -0.3 is 19.3 Å². The van der Waals surface area contributed by atoms with Crippen LogP contribution in [0.5, 0.6) is 5.75 Å². The zero-order valence-corrected chi connectivity index (χ0v) is 16.9. The van der Waals surface area contributed by atoms with Crippen molar-refractivity contribution in [3.63, 3.8) is 0 Å². The standard InChI is InChI=1S/C26H24N2O2/c1-30-23-13-11-20(12-14-23)18-28-19-26(29,24-9-2-3-10-25(24)28)21-7-6-8-22(17-21)27-15-4-5-16-27/h2-17,29H,18-19H2,1H3. The molecule has 1 unspecified atom stereocenters. The van der Waals surface area contributed by atoms with E-state index in [1.807, 2.05) is 67.0 Å². The minimum absolute atomic E-state index is 0.507. The predicted octanol–water partition coefficient (Wildman–Crippen LogP) is 4.74. The molecule has 4 nitrogen and oxygen atoms in total. The summed E-state index contributed by atoms with van der Waals surface area (Å²) < 4.78 is 7.33. The molecule has 2 heterocycles. The molecule has 0 saturated carbocycles. The Balaban J connectivity index is 1.51. The van der Waals surface area contributed by atoms with E-state index in [9.17, 15) is 5.11 Å². The summed E-state index contributed by atoms with van der Waals surface area (Å²) in [4.78, 5) is 2.25. The third-order valence-corrected chi connectivity index (χ3v) is 5.87. The van der Waals surface area contributed by atoms with Crippen molar-refractivity contribution in [1.29, 1.82) is 0 Å². The summed E-state index contributed by atoms with van der Waals surface area (Å²) >= 11 is 0. The van der Waals surface area contributed by atoms with Crippen LogP contribution in [-0.2, 0) is 12.1 Å². The number of β-amino-alcohol motifs (C(OH)–C–C–N with tert-alkyl or cyclic N) is 1. The number of methoxy groups -OCH3 is 1. The summed E-state index contributed by atoms with van der Waals surface area (Å²) in [5.41, 5.74) is 4.07. The molecule has 4 aromatic rings. The van der Waals surface area contributed by atoms with E-state index in [2.05, 4.69) is 39.8 Å². The first kappa shape index (κ1) is 18.5. The maximum absolute atomic E-state index is 11.9. The number of rotatable bonds is 5. The van der Waals surface area contributed by atoms with Crippen molar-refractivity contribution in [1.82, 2.24) is 4.57 Å². The van der Waals surface area contributed by atoms with Crippen LogP contribution in [0.15, 0.2) is 97.3 Å². The van der Waals surface area contributed by atoms with Gasteiger partial charge in [0.05, 0.1) is 13.7 Å². The lowest BCUT2D eigenvalue weighted by Gasteiger charge is -2.26. The molecule has 0 amide bonds. The third-order valence-electron chi connectivity index (χ3n) is 5.87. The minimum Gasteiger partial charge on any atom is -0.497 e. The van der Waals surface area contributed by atoms with Gasteiger partial charge in [0.1, 0.15) is 11.4 Å². The van der Waals surface area contributed by atoms with Gasteiger partial charge in [0.25, 0.3) is 0 Å². The SMILES string of the molecule is COc1ccc(CN2CC(O)(c3cccc(-n4cccc4)c3)c3ccccc32)cc1. The highest BCUT2D eigenvalue weighted by atomic mass is 16.5. The fourth-order valence-electron chi connectivity index (χ4n) is 4.32. The van der Waals surface area contributed by atoms with Gasteiger partial charge in [-0.15, -0.1) is 0 Å². The van der Waals surface area contributed by atoms with Crippen molar-refractivity contribution >= 4 is 5.69 Å². The third kappa shape index (κ3) is 3.15. The normalized spacial score (nSPS) is 17.7. The van der Waals surface area contributed by atoms with Crippen molar-refractivity contribution < 1.29 is 9.84 Å². The number of para-hydroxylation sites is 1. The zero-order chi connectivity index (χ0) is 20.6. The molecule has 0 saturated heterocycles. The van der Waals surface area contributed by atoms with E-state index >= 15 is 0 Å². The van der Waals surface area contributed by atoms with Gasteiger partial charge in [0.15, 0.2) is 0 Å². The Hall–Kier alpha value is -3.50. The number of aliphatic hydroxyl groups is 1. The summed E-state index contributed by atoms with van der Waals surface area (Å²) in [6.45, 7) is 1.23. The monoisotopic (exact) mass is 396 g/mol. The van der Waals surface area contributed by atoms with Gasteiger partial charge in [-0.2, -0.15) is 0 Å². The zero-order valence-electron chi connectivity index (χ0n) is 16.9. The highest BCUT2D eigenvalue weighted by molar-refractivity contribution is 5.65. The van der Waals surface area contributed by atoms with E-state index < -0.39 is 5.60 Å². The lowest BCUT2D eigenvalue weighted by atomic mass is 9.88. The molecule has 4 heteroatoms. The number of benzene rings is 3. The van der Waals surface area contributed by atoms with Crippen LogP contribution in [0.1, 0.15) is 16.7 Å². The maximum atomic E-state index is 11.9. The number of ether oxygens (including phenoxy) is 1. The molecule has 1 aliphatic heterocycles. The van der Waals surface area contributed by atoms with Crippen LogP contribution in [0.4, 0.5) is 5.69 Å². The summed E-state index contributed by atoms with van der Waals surface area (Å²) in [5, 5.41) is 11.9. The first-order valence-corrected chi connectivity index (χ1v) is 10.1. The molecule has 1 atom stereocenters. The van der Waals surface area contributed by atoms with Crippen LogP contribution >= 0.6 is 0 Å². The molecule has 150 valence electrons. The average Bonchev–Trinajstić information content (AvgIpc) is 3.43. The summed E-state index contributed by atoms with van der Waals surface area (Å²) in [7, 11) is 1.67. The second-order valence-corrected chi connectivity index (χ2v) is 7.72. The first-order chi connectivity index (χ1) is 14.7. The van der Waals surface area contributed by atoms with E-state index in [0.717, 1.165) is 34.8 Å². The molecule has 0 radical (unpaired) electrons. The summed E-state index contributed by atoms with van der Waals surface area (Å²) in [5.74, 6) is 0.846. The van der Waals surface area contributed by atoms with E-state index in [-0.39, 0.29) is 0 Å². The Morgan fingerprint density at radius 1 is 0.900 bits per heavy atom. The number of anilines is 1. The number of hydrogen-bond donors (Lipinski definition) is 1. The Labute approximate surface area is 176 Å². The topological polar surface area (TPSA) is 37.6 Å². The molecule has 3 aromatic carbocycles. The summed E-state index contributed by atoms with van der Waals surface area (Å²) in [6, 6.07) is 28.4. The fraction of sp³-hybridized carbons (Fsp3) is 0.154. The smallest absolute Gasteiger partial charge is 0.134 e. The Bertz CT molecular complexity index is 1150. The van der Waals surface area contributed by atoms with Crippen LogP contribution in [0.2, 0.25) is 0 Å². The summed E-state index contributed by atoms with van der Waals surface area (Å²) in [6.07, 6.45) is 4.03. The van der Waals surface area contributed by atoms with Gasteiger partial charge in [-0.25, -0.2) is 0 Å². The highest BCUT2D eigenvalue weighted by Crippen LogP contribution is 2.44. The second-order valence-electron chi connectivity index (χ2n) is 7.72. The largest absolute Gasteiger partial charge is 0.497 e. The average molecular weight is 396 g/mol. The van der Waals surface area contributed by atoms with Crippen molar-refractivity contribution in [2.45, 2.75) is 12.1 Å². The Morgan fingerprint density at radius 3 is 2.43 bits per heavy atom. The quantitative estimate of drug-likeness (QED) is 0.529. The number of aromatic nitrogens is 1. The highest BCUT2D eigenvalue weighted by Gasteiger charge is 2.42. The van der Waals surface area contributed by atoms with E-state index in [4.69, 9.17) is 4.74 Å². The Morgan fingerprint density at radius 2 is 1.67 bits per heavy atom. The van der Waals surface area contributed by atoms with Gasteiger partial charge >= 0.3 is 0 Å². The lowest BCUT2D eigenvalue weighted by molar-refractivity contribution is 0.0978. The number of nitrogens with zero attached hydrogens (tertiary/aromatic N) is 2. The molecule has 0 spiro atoms. The molecule has 1 N–H and O–H groups in total. The molecule has 0 fully saturated rings. The van der Waals surface area contributed by atoms with Crippen molar-refractivity contribution in [2.75, 3.05) is 18.6 Å². The van der Waals surface area contributed by atoms with Gasteiger partial charge in [0.2, 0.25) is 0 Å². The second kappa shape index (κ2) is 7.39. The van der Waals surface area contributed by atoms with E-state index in [1.54, 1.807) is 7.11 Å². The van der Waals surface area contributed by atoms with Crippen molar-refractivity contribution in [3.8, 4) is 11.4 Å². The molecular weight excluding hydrogens is 372 g/mol. The maximum Gasteiger partial charge on any atom is 0.134 e. The van der Waals surface area contributed by atoms with Crippen LogP contribution in [-0.4, -0.2) is 23.3 Å².